The number of aromatic nitrogens is 2. The van der Waals surface area contributed by atoms with Crippen LogP contribution in [0.25, 0.3) is 23.0 Å². The monoisotopic (exact) mass is 360 g/mol. The summed E-state index contributed by atoms with van der Waals surface area (Å²) in [6.07, 6.45) is 3.52. The normalized spacial score (nSPS) is 10.4. The maximum Gasteiger partial charge on any atom is 0.0840 e. The fraction of sp³-hybridized carbons (Fsp3) is 0. The van der Waals surface area contributed by atoms with Crippen LogP contribution < -0.4 is 0 Å². The Morgan fingerprint density at radius 2 is 1.70 bits per heavy atom. The largest absolute Gasteiger partial charge is 0.231 e. The molecule has 5 heteroatoms. The topological polar surface area (TPSA) is 17.8 Å². The molecule has 0 spiro atoms. The van der Waals surface area contributed by atoms with Crippen LogP contribution in [0.3, 0.4) is 0 Å². The number of benzene rings is 2. The van der Waals surface area contributed by atoms with E-state index < -0.39 is 0 Å². The summed E-state index contributed by atoms with van der Waals surface area (Å²) >= 11 is 18.3. The first kappa shape index (κ1) is 15.9. The maximum atomic E-state index is 6.33. The van der Waals surface area contributed by atoms with E-state index in [0.717, 1.165) is 22.5 Å². The van der Waals surface area contributed by atoms with Crippen LogP contribution in [-0.2, 0) is 0 Å². The van der Waals surface area contributed by atoms with Gasteiger partial charge in [0.05, 0.1) is 22.6 Å². The van der Waals surface area contributed by atoms with Crippen LogP contribution in [0.5, 0.6) is 0 Å². The second-order valence-electron chi connectivity index (χ2n) is 4.81. The molecule has 0 atom stereocenters. The molecule has 0 saturated heterocycles. The highest BCUT2D eigenvalue weighted by Gasteiger charge is 2.15. The Hall–Kier alpha value is -1.96. The van der Waals surface area contributed by atoms with Crippen LogP contribution in [0.15, 0.2) is 61.0 Å². The molecule has 1 heterocycles. The fourth-order valence-corrected chi connectivity index (χ4v) is 2.92. The minimum Gasteiger partial charge on any atom is -0.231 e. The van der Waals surface area contributed by atoms with Crippen molar-refractivity contribution in [2.24, 2.45) is 0 Å². The van der Waals surface area contributed by atoms with Crippen molar-refractivity contribution in [1.29, 1.82) is 0 Å². The Bertz CT molecular complexity index is 905. The molecule has 0 aliphatic heterocycles. The van der Waals surface area contributed by atoms with Crippen molar-refractivity contribution >= 4 is 40.9 Å². The average Bonchev–Trinajstić information content (AvgIpc) is 2.92. The van der Waals surface area contributed by atoms with Gasteiger partial charge in [0.25, 0.3) is 0 Å². The third-order valence-corrected chi connectivity index (χ3v) is 4.10. The third-order valence-electron chi connectivity index (χ3n) is 3.31. The van der Waals surface area contributed by atoms with Gasteiger partial charge in [-0.05, 0) is 36.4 Å². The average molecular weight is 362 g/mol. The van der Waals surface area contributed by atoms with Gasteiger partial charge in [-0.25, -0.2) is 4.68 Å². The maximum absolute atomic E-state index is 6.33. The van der Waals surface area contributed by atoms with Crippen molar-refractivity contribution in [2.75, 3.05) is 0 Å². The molecule has 3 rings (SSSR count). The molecule has 0 aliphatic rings. The lowest BCUT2D eigenvalue weighted by Crippen LogP contribution is -2.00. The van der Waals surface area contributed by atoms with Crippen molar-refractivity contribution in [2.45, 2.75) is 0 Å². The molecule has 0 fully saturated rings. The van der Waals surface area contributed by atoms with E-state index in [9.17, 15) is 0 Å². The summed E-state index contributed by atoms with van der Waals surface area (Å²) in [6.45, 7) is 3.63. The van der Waals surface area contributed by atoms with Crippen LogP contribution in [0.4, 0.5) is 0 Å². The van der Waals surface area contributed by atoms with E-state index in [0.29, 0.717) is 15.1 Å². The summed E-state index contributed by atoms with van der Waals surface area (Å²) in [4.78, 5) is 0. The molecule has 0 saturated carbocycles. The van der Waals surface area contributed by atoms with Crippen LogP contribution in [0.1, 0.15) is 5.56 Å². The van der Waals surface area contributed by atoms with E-state index >= 15 is 0 Å². The van der Waals surface area contributed by atoms with Crippen LogP contribution in [0, 0.1) is 0 Å². The molecule has 0 unspecified atom stereocenters. The first-order chi connectivity index (χ1) is 11.1. The van der Waals surface area contributed by atoms with Crippen molar-refractivity contribution in [3.05, 3.63) is 81.6 Å². The molecule has 0 amide bonds. The van der Waals surface area contributed by atoms with E-state index in [1.165, 1.54) is 0 Å². The van der Waals surface area contributed by atoms with Gasteiger partial charge in [0.1, 0.15) is 0 Å². The van der Waals surface area contributed by atoms with Crippen LogP contribution in [0.2, 0.25) is 15.1 Å². The highest BCUT2D eigenvalue weighted by atomic mass is 35.5. The van der Waals surface area contributed by atoms with Crippen LogP contribution >= 0.6 is 34.8 Å². The number of halogens is 3. The summed E-state index contributed by atoms with van der Waals surface area (Å²) in [5.74, 6) is 0. The summed E-state index contributed by atoms with van der Waals surface area (Å²) in [5, 5.41) is 6.22. The third kappa shape index (κ3) is 3.21. The highest BCUT2D eigenvalue weighted by molar-refractivity contribution is 6.35. The predicted octanol–water partition coefficient (Wildman–Crippen LogP) is 6.30. The Kier molecular flexibility index (Phi) is 4.61. The molecule has 23 heavy (non-hydrogen) atoms. The lowest BCUT2D eigenvalue weighted by atomic mass is 10.1. The Morgan fingerprint density at radius 3 is 2.35 bits per heavy atom. The van der Waals surface area contributed by atoms with E-state index in [1.807, 2.05) is 30.3 Å². The van der Waals surface area contributed by atoms with E-state index in [-0.39, 0.29) is 0 Å². The molecule has 114 valence electrons. The predicted molar refractivity (Wildman–Crippen MR) is 97.6 cm³/mol. The van der Waals surface area contributed by atoms with Gasteiger partial charge in [-0.15, -0.1) is 5.73 Å². The molecular formula is C18H11Cl3N2. The first-order valence-electron chi connectivity index (χ1n) is 6.75. The van der Waals surface area contributed by atoms with Gasteiger partial charge >= 0.3 is 0 Å². The van der Waals surface area contributed by atoms with Gasteiger partial charge in [-0.1, -0.05) is 53.5 Å². The molecular weight excluding hydrogens is 351 g/mol. The van der Waals surface area contributed by atoms with Crippen molar-refractivity contribution in [3.8, 4) is 16.9 Å². The zero-order valence-electron chi connectivity index (χ0n) is 11.9. The van der Waals surface area contributed by atoms with Gasteiger partial charge in [0.15, 0.2) is 0 Å². The standard InChI is InChI=1S/C18H11Cl3N2/c1-2-3-13-11-22-23(17-9-8-15(20)10-16(17)21)18(13)12-4-6-14(19)7-5-12/h3-11H,1H2. The van der Waals surface area contributed by atoms with Crippen molar-refractivity contribution in [1.82, 2.24) is 9.78 Å². The molecule has 0 aliphatic carbocycles. The highest BCUT2D eigenvalue weighted by Crippen LogP contribution is 2.32. The van der Waals surface area contributed by atoms with Gasteiger partial charge in [-0.2, -0.15) is 5.10 Å². The molecule has 0 radical (unpaired) electrons. The summed E-state index contributed by atoms with van der Waals surface area (Å²) in [6, 6.07) is 12.8. The zero-order chi connectivity index (χ0) is 16.4. The van der Waals surface area contributed by atoms with E-state index in [1.54, 1.807) is 29.1 Å². The number of nitrogens with zero attached hydrogens (tertiary/aromatic N) is 2. The summed E-state index contributed by atoms with van der Waals surface area (Å²) < 4.78 is 1.77. The first-order valence-corrected chi connectivity index (χ1v) is 7.89. The minimum atomic E-state index is 0.518. The van der Waals surface area contributed by atoms with Gasteiger partial charge in [0, 0.05) is 21.2 Å². The van der Waals surface area contributed by atoms with Crippen LogP contribution in [-0.4, -0.2) is 9.78 Å². The molecule has 3 aromatic rings. The molecule has 1 aromatic heterocycles. The second kappa shape index (κ2) is 6.66. The van der Waals surface area contributed by atoms with E-state index in [2.05, 4.69) is 17.4 Å². The number of hydrogen-bond donors (Lipinski definition) is 0. The SMILES string of the molecule is C=C=Cc1cnn(-c2ccc(Cl)cc2Cl)c1-c1ccc(Cl)cc1. The van der Waals surface area contributed by atoms with Crippen molar-refractivity contribution < 1.29 is 0 Å². The zero-order valence-corrected chi connectivity index (χ0v) is 14.2. The Labute approximate surface area is 149 Å². The summed E-state index contributed by atoms with van der Waals surface area (Å²) in [5.41, 5.74) is 6.24. The molecule has 2 aromatic carbocycles. The lowest BCUT2D eigenvalue weighted by Gasteiger charge is -2.11. The van der Waals surface area contributed by atoms with Gasteiger partial charge in [-0.3, -0.25) is 0 Å². The van der Waals surface area contributed by atoms with Gasteiger partial charge < -0.3 is 0 Å². The Morgan fingerprint density at radius 1 is 1.00 bits per heavy atom. The number of rotatable bonds is 3. The molecule has 0 bridgehead atoms. The minimum absolute atomic E-state index is 0.518. The fourth-order valence-electron chi connectivity index (χ4n) is 2.31. The second-order valence-corrected chi connectivity index (χ2v) is 6.09. The van der Waals surface area contributed by atoms with Crippen molar-refractivity contribution in [3.63, 3.8) is 0 Å². The van der Waals surface area contributed by atoms with Gasteiger partial charge in [0.2, 0.25) is 0 Å². The molecule has 2 nitrogen and oxygen atoms in total. The molecule has 0 N–H and O–H groups in total. The Balaban J connectivity index is 2.25. The quantitative estimate of drug-likeness (QED) is 0.501. The summed E-state index contributed by atoms with van der Waals surface area (Å²) in [7, 11) is 0. The smallest absolute Gasteiger partial charge is 0.0840 e. The number of hydrogen-bond acceptors (Lipinski definition) is 1. The lowest BCUT2D eigenvalue weighted by molar-refractivity contribution is 0.888. The van der Waals surface area contributed by atoms with E-state index in [4.69, 9.17) is 34.8 Å².